The average molecular weight is 186 g/mol. The van der Waals surface area contributed by atoms with Gasteiger partial charge in [-0.15, -0.1) is 0 Å². The Morgan fingerprint density at radius 1 is 0.846 bits per heavy atom. The smallest absolute Gasteiger partial charge is 0.0665 e. The van der Waals surface area contributed by atoms with Gasteiger partial charge in [0.1, 0.15) is 0 Å². The Hall–Kier alpha value is -0.120. The van der Waals surface area contributed by atoms with E-state index in [2.05, 4.69) is 10.6 Å². The van der Waals surface area contributed by atoms with E-state index in [1.165, 1.54) is 32.4 Å². The van der Waals surface area contributed by atoms with Crippen molar-refractivity contribution in [3.63, 3.8) is 0 Å². The topological polar surface area (TPSA) is 44.3 Å². The van der Waals surface area contributed by atoms with Crippen LogP contribution in [-0.4, -0.2) is 37.4 Å². The molecule has 1 atom stereocenters. The number of aliphatic hydroxyl groups excluding tert-OH is 1. The molecule has 3 N–H and O–H groups in total. The van der Waals surface area contributed by atoms with Gasteiger partial charge in [0.25, 0.3) is 0 Å². The fraction of sp³-hybridized carbons (Fsp3) is 1.00. The van der Waals surface area contributed by atoms with E-state index in [9.17, 15) is 0 Å². The molecule has 0 aromatic rings. The fourth-order valence-corrected chi connectivity index (χ4v) is 1.64. The van der Waals surface area contributed by atoms with Crippen LogP contribution < -0.4 is 10.6 Å². The summed E-state index contributed by atoms with van der Waals surface area (Å²) in [5.41, 5.74) is 0. The van der Waals surface area contributed by atoms with Crippen molar-refractivity contribution in [1.82, 2.24) is 10.6 Å². The lowest BCUT2D eigenvalue weighted by atomic mass is 10.1. The zero-order valence-electron chi connectivity index (χ0n) is 8.39. The molecule has 2 rings (SSSR count). The van der Waals surface area contributed by atoms with E-state index < -0.39 is 0 Å². The van der Waals surface area contributed by atoms with Crippen molar-refractivity contribution in [3.05, 3.63) is 0 Å². The summed E-state index contributed by atoms with van der Waals surface area (Å²) in [4.78, 5) is 0. The average Bonchev–Trinajstić information content (AvgIpc) is 2.22. The van der Waals surface area contributed by atoms with Gasteiger partial charge in [-0.05, 0) is 45.3 Å². The summed E-state index contributed by atoms with van der Waals surface area (Å²) in [7, 11) is 0. The first-order valence-corrected chi connectivity index (χ1v) is 5.49. The molecule has 2 aliphatic rings. The highest BCUT2D eigenvalue weighted by Gasteiger charge is 2.06. The minimum absolute atomic E-state index is 0.0752. The van der Waals surface area contributed by atoms with Crippen LogP contribution in [0.25, 0.3) is 0 Å². The molecule has 13 heavy (non-hydrogen) atoms. The van der Waals surface area contributed by atoms with Gasteiger partial charge in [-0.3, -0.25) is 0 Å². The minimum atomic E-state index is -0.0752. The minimum Gasteiger partial charge on any atom is -0.392 e. The molecular weight excluding hydrogens is 164 g/mol. The Morgan fingerprint density at radius 2 is 1.54 bits per heavy atom. The van der Waals surface area contributed by atoms with Crippen molar-refractivity contribution in [3.8, 4) is 0 Å². The van der Waals surface area contributed by atoms with Gasteiger partial charge in [0.05, 0.1) is 6.10 Å². The second-order valence-electron chi connectivity index (χ2n) is 3.81. The van der Waals surface area contributed by atoms with E-state index in [0.29, 0.717) is 0 Å². The third-order valence-corrected chi connectivity index (χ3v) is 2.48. The first-order chi connectivity index (χ1) is 6.39. The van der Waals surface area contributed by atoms with Gasteiger partial charge in [-0.25, -0.2) is 0 Å². The van der Waals surface area contributed by atoms with E-state index in [0.717, 1.165) is 25.9 Å². The van der Waals surface area contributed by atoms with Crippen LogP contribution in [0.5, 0.6) is 0 Å². The molecule has 2 aliphatic heterocycles. The van der Waals surface area contributed by atoms with Crippen LogP contribution >= 0.6 is 0 Å². The molecule has 0 aromatic heterocycles. The molecule has 0 saturated carbocycles. The Morgan fingerprint density at radius 3 is 1.77 bits per heavy atom. The molecule has 0 amide bonds. The Balaban J connectivity index is 0.000000132. The van der Waals surface area contributed by atoms with Crippen LogP contribution in [0.3, 0.4) is 0 Å². The van der Waals surface area contributed by atoms with Crippen LogP contribution in [0.2, 0.25) is 0 Å². The van der Waals surface area contributed by atoms with Crippen molar-refractivity contribution >= 4 is 0 Å². The summed E-state index contributed by atoms with van der Waals surface area (Å²) in [5.74, 6) is 0. The lowest BCUT2D eigenvalue weighted by molar-refractivity contribution is 0.142. The van der Waals surface area contributed by atoms with Gasteiger partial charge in [-0.2, -0.15) is 0 Å². The maximum Gasteiger partial charge on any atom is 0.0665 e. The number of nitrogens with one attached hydrogen (secondary N) is 2. The second-order valence-corrected chi connectivity index (χ2v) is 3.81. The molecule has 0 aliphatic carbocycles. The summed E-state index contributed by atoms with van der Waals surface area (Å²) >= 11 is 0. The quantitative estimate of drug-likeness (QED) is 0.516. The van der Waals surface area contributed by atoms with E-state index in [1.807, 2.05) is 0 Å². The number of piperidine rings is 2. The van der Waals surface area contributed by atoms with Crippen LogP contribution in [0.15, 0.2) is 0 Å². The molecule has 0 radical (unpaired) electrons. The van der Waals surface area contributed by atoms with Crippen molar-refractivity contribution in [2.24, 2.45) is 0 Å². The molecule has 0 unspecified atom stereocenters. The zero-order chi connectivity index (χ0) is 9.36. The Bertz CT molecular complexity index is 98.0. The van der Waals surface area contributed by atoms with E-state index in [1.54, 1.807) is 0 Å². The highest BCUT2D eigenvalue weighted by Crippen LogP contribution is 1.98. The van der Waals surface area contributed by atoms with Crippen LogP contribution in [0, 0.1) is 0 Å². The number of hydrogen-bond acceptors (Lipinski definition) is 3. The van der Waals surface area contributed by atoms with E-state index in [-0.39, 0.29) is 6.10 Å². The Labute approximate surface area is 80.9 Å². The monoisotopic (exact) mass is 186 g/mol. The maximum atomic E-state index is 8.85. The van der Waals surface area contributed by atoms with Gasteiger partial charge in [0.15, 0.2) is 0 Å². The Kier molecular flexibility index (Phi) is 6.15. The summed E-state index contributed by atoms with van der Waals surface area (Å²) < 4.78 is 0. The molecule has 0 bridgehead atoms. The molecular formula is C10H22N2O. The molecule has 0 aromatic carbocycles. The molecule has 3 heteroatoms. The van der Waals surface area contributed by atoms with Gasteiger partial charge < -0.3 is 15.7 Å². The highest BCUT2D eigenvalue weighted by atomic mass is 16.3. The third-order valence-electron chi connectivity index (χ3n) is 2.48. The number of β-amino-alcohol motifs (C(OH)–C–C–N with tert-alkyl or cyclic N) is 1. The van der Waals surface area contributed by atoms with Crippen molar-refractivity contribution in [1.29, 1.82) is 0 Å². The largest absolute Gasteiger partial charge is 0.392 e. The molecule has 78 valence electrons. The molecule has 2 heterocycles. The normalized spacial score (nSPS) is 28.8. The standard InChI is InChI=1S/C5H11NO.C5H11N/c7-5-2-1-3-6-4-5;1-2-4-6-5-3-1/h5-7H,1-4H2;6H,1-5H2/t5-;/m1./s1. The third kappa shape index (κ3) is 6.02. The van der Waals surface area contributed by atoms with Gasteiger partial charge in [0.2, 0.25) is 0 Å². The zero-order valence-corrected chi connectivity index (χ0v) is 8.39. The summed E-state index contributed by atoms with van der Waals surface area (Å²) in [5, 5.41) is 15.2. The van der Waals surface area contributed by atoms with Crippen LogP contribution in [-0.2, 0) is 0 Å². The van der Waals surface area contributed by atoms with E-state index in [4.69, 9.17) is 5.11 Å². The van der Waals surface area contributed by atoms with Gasteiger partial charge >= 0.3 is 0 Å². The number of hydrogen-bond donors (Lipinski definition) is 3. The predicted molar refractivity (Wildman–Crippen MR) is 54.8 cm³/mol. The molecule has 2 fully saturated rings. The van der Waals surface area contributed by atoms with E-state index >= 15 is 0 Å². The molecule has 3 nitrogen and oxygen atoms in total. The lowest BCUT2D eigenvalue weighted by Crippen LogP contribution is -2.33. The van der Waals surface area contributed by atoms with Gasteiger partial charge in [0, 0.05) is 6.54 Å². The second kappa shape index (κ2) is 7.30. The summed E-state index contributed by atoms with van der Waals surface area (Å²) in [6.45, 7) is 4.37. The molecule has 2 saturated heterocycles. The number of aliphatic hydroxyl groups is 1. The van der Waals surface area contributed by atoms with Crippen LogP contribution in [0.1, 0.15) is 32.1 Å². The first kappa shape index (κ1) is 11.0. The predicted octanol–water partition coefficient (Wildman–Crippen LogP) is 0.491. The first-order valence-electron chi connectivity index (χ1n) is 5.49. The SMILES string of the molecule is C1CCNCC1.O[C@@H]1CCCNC1. The maximum absolute atomic E-state index is 8.85. The van der Waals surface area contributed by atoms with Crippen LogP contribution in [0.4, 0.5) is 0 Å². The highest BCUT2D eigenvalue weighted by molar-refractivity contribution is 4.65. The number of rotatable bonds is 0. The van der Waals surface area contributed by atoms with Crippen molar-refractivity contribution in [2.75, 3.05) is 26.2 Å². The molecule has 0 spiro atoms. The van der Waals surface area contributed by atoms with Crippen molar-refractivity contribution in [2.45, 2.75) is 38.2 Å². The van der Waals surface area contributed by atoms with Crippen molar-refractivity contribution < 1.29 is 5.11 Å². The summed E-state index contributed by atoms with van der Waals surface area (Å²) in [6.07, 6.45) is 6.25. The summed E-state index contributed by atoms with van der Waals surface area (Å²) in [6, 6.07) is 0. The lowest BCUT2D eigenvalue weighted by Gasteiger charge is -2.16. The fourth-order valence-electron chi connectivity index (χ4n) is 1.64. The van der Waals surface area contributed by atoms with Gasteiger partial charge in [-0.1, -0.05) is 6.42 Å².